The van der Waals surface area contributed by atoms with Crippen LogP contribution in [0.25, 0.3) is 0 Å². The number of hydrogen-bond acceptors (Lipinski definition) is 3. The molecule has 1 aromatic heterocycles. The number of esters is 1. The zero-order chi connectivity index (χ0) is 13.5. The van der Waals surface area contributed by atoms with E-state index in [1.54, 1.807) is 20.8 Å². The van der Waals surface area contributed by atoms with Crippen LogP contribution in [0.2, 0.25) is 5.15 Å². The van der Waals surface area contributed by atoms with Crippen LogP contribution in [0.1, 0.15) is 55.5 Å². The van der Waals surface area contributed by atoms with Gasteiger partial charge in [-0.25, -0.2) is 14.2 Å². The Labute approximate surface area is 110 Å². The summed E-state index contributed by atoms with van der Waals surface area (Å²) in [5, 5.41) is -0.291. The molecule has 0 amide bonds. The molecule has 0 spiro atoms. The van der Waals surface area contributed by atoms with Crippen LogP contribution in [0.5, 0.6) is 0 Å². The molecule has 98 valence electrons. The molecule has 0 N–H and O–H groups in total. The third kappa shape index (κ3) is 2.80. The topological polar surface area (TPSA) is 39.2 Å². The highest BCUT2D eigenvalue weighted by Crippen LogP contribution is 2.42. The van der Waals surface area contributed by atoms with Crippen molar-refractivity contribution < 1.29 is 13.9 Å². The molecule has 0 bridgehead atoms. The van der Waals surface area contributed by atoms with Gasteiger partial charge in [-0.15, -0.1) is 0 Å². The van der Waals surface area contributed by atoms with Gasteiger partial charge in [0, 0.05) is 6.20 Å². The van der Waals surface area contributed by atoms with Crippen LogP contribution in [-0.2, 0) is 4.74 Å². The Hall–Kier alpha value is -1.16. The van der Waals surface area contributed by atoms with E-state index in [0.717, 1.165) is 12.8 Å². The van der Waals surface area contributed by atoms with Gasteiger partial charge in [0.1, 0.15) is 11.2 Å². The second-order valence-electron chi connectivity index (χ2n) is 5.47. The van der Waals surface area contributed by atoms with Gasteiger partial charge >= 0.3 is 5.97 Å². The van der Waals surface area contributed by atoms with Crippen LogP contribution in [0.3, 0.4) is 0 Å². The first-order valence-corrected chi connectivity index (χ1v) is 6.24. The van der Waals surface area contributed by atoms with Crippen molar-refractivity contribution >= 4 is 17.6 Å². The number of nitrogens with zero attached hydrogens (tertiary/aromatic N) is 1. The molecule has 0 radical (unpaired) electrons. The number of halogens is 2. The Morgan fingerprint density at radius 1 is 1.50 bits per heavy atom. The Morgan fingerprint density at radius 2 is 2.11 bits per heavy atom. The molecule has 1 fully saturated rings. The molecule has 0 aromatic carbocycles. The molecule has 0 unspecified atom stereocenters. The Balaban J connectivity index is 2.41. The molecule has 1 aromatic rings. The second kappa shape index (κ2) is 4.50. The second-order valence-corrected chi connectivity index (χ2v) is 5.83. The van der Waals surface area contributed by atoms with Crippen LogP contribution in [0.4, 0.5) is 4.39 Å². The lowest BCUT2D eigenvalue weighted by Crippen LogP contribution is -2.25. The monoisotopic (exact) mass is 271 g/mol. The van der Waals surface area contributed by atoms with E-state index in [-0.39, 0.29) is 16.6 Å². The summed E-state index contributed by atoms with van der Waals surface area (Å²) in [7, 11) is 0. The fraction of sp³-hybridized carbons (Fsp3) is 0.538. The minimum absolute atomic E-state index is 0.0626. The fourth-order valence-corrected chi connectivity index (χ4v) is 1.86. The third-order valence-electron chi connectivity index (χ3n) is 2.63. The summed E-state index contributed by atoms with van der Waals surface area (Å²) < 4.78 is 19.2. The Kier molecular flexibility index (Phi) is 3.32. The SMILES string of the molecule is CC(C)(C)OC(=O)c1c(C2CC2)cnc(Cl)c1F. The van der Waals surface area contributed by atoms with Gasteiger partial charge in [-0.3, -0.25) is 0 Å². The van der Waals surface area contributed by atoms with Gasteiger partial charge in [-0.1, -0.05) is 11.6 Å². The van der Waals surface area contributed by atoms with E-state index in [1.807, 2.05) is 0 Å². The Bertz CT molecular complexity index is 492. The molecule has 3 nitrogen and oxygen atoms in total. The van der Waals surface area contributed by atoms with E-state index in [0.29, 0.717) is 5.56 Å². The van der Waals surface area contributed by atoms with Gasteiger partial charge in [-0.2, -0.15) is 0 Å². The third-order valence-corrected chi connectivity index (χ3v) is 2.89. The molecule has 1 saturated carbocycles. The molecule has 1 aliphatic rings. The summed E-state index contributed by atoms with van der Waals surface area (Å²) in [6.07, 6.45) is 3.36. The lowest BCUT2D eigenvalue weighted by Gasteiger charge is -2.20. The van der Waals surface area contributed by atoms with Gasteiger partial charge in [-0.05, 0) is 45.1 Å². The lowest BCUT2D eigenvalue weighted by molar-refractivity contribution is 0.00631. The molecule has 0 aliphatic heterocycles. The number of hydrogen-bond donors (Lipinski definition) is 0. The van der Waals surface area contributed by atoms with Crippen molar-refractivity contribution in [2.45, 2.75) is 45.1 Å². The number of ether oxygens (including phenoxy) is 1. The van der Waals surface area contributed by atoms with Crippen LogP contribution in [-0.4, -0.2) is 16.6 Å². The fourth-order valence-electron chi connectivity index (χ4n) is 1.72. The van der Waals surface area contributed by atoms with Crippen molar-refractivity contribution in [3.63, 3.8) is 0 Å². The summed E-state index contributed by atoms with van der Waals surface area (Å²) >= 11 is 5.63. The maximum Gasteiger partial charge on any atom is 0.342 e. The zero-order valence-corrected chi connectivity index (χ0v) is 11.3. The largest absolute Gasteiger partial charge is 0.456 e. The standard InChI is InChI=1S/C13H15ClFNO2/c1-13(2,3)18-12(17)9-8(7-4-5-7)6-16-11(14)10(9)15/h6-7H,4-5H2,1-3H3. The zero-order valence-electron chi connectivity index (χ0n) is 10.6. The molecule has 2 rings (SSSR count). The first kappa shape index (κ1) is 13.3. The first-order valence-electron chi connectivity index (χ1n) is 5.87. The summed E-state index contributed by atoms with van der Waals surface area (Å²) in [6, 6.07) is 0. The Morgan fingerprint density at radius 3 is 2.61 bits per heavy atom. The summed E-state index contributed by atoms with van der Waals surface area (Å²) in [5.41, 5.74) is -0.126. The van der Waals surface area contributed by atoms with Gasteiger partial charge in [0.25, 0.3) is 0 Å². The van der Waals surface area contributed by atoms with Gasteiger partial charge in [0.15, 0.2) is 11.0 Å². The van der Waals surface area contributed by atoms with E-state index in [1.165, 1.54) is 6.20 Å². The molecular formula is C13H15ClFNO2. The molecule has 0 saturated heterocycles. The highest BCUT2D eigenvalue weighted by atomic mass is 35.5. The van der Waals surface area contributed by atoms with E-state index in [2.05, 4.69) is 4.98 Å². The quantitative estimate of drug-likeness (QED) is 0.608. The smallest absolute Gasteiger partial charge is 0.342 e. The van der Waals surface area contributed by atoms with Crippen molar-refractivity contribution in [1.82, 2.24) is 4.98 Å². The van der Waals surface area contributed by atoms with Crippen molar-refractivity contribution in [2.24, 2.45) is 0 Å². The van der Waals surface area contributed by atoms with Crippen molar-refractivity contribution in [3.8, 4) is 0 Å². The molecule has 0 atom stereocenters. The van der Waals surface area contributed by atoms with Crippen LogP contribution >= 0.6 is 11.6 Å². The molecular weight excluding hydrogens is 257 g/mol. The van der Waals surface area contributed by atoms with Crippen LogP contribution in [0.15, 0.2) is 6.20 Å². The van der Waals surface area contributed by atoms with Gasteiger partial charge < -0.3 is 4.74 Å². The van der Waals surface area contributed by atoms with Gasteiger partial charge in [0.2, 0.25) is 0 Å². The molecule has 18 heavy (non-hydrogen) atoms. The predicted molar refractivity (Wildman–Crippen MR) is 66.3 cm³/mol. The number of carbonyl (C=O) groups excluding carboxylic acids is 1. The van der Waals surface area contributed by atoms with E-state index in [9.17, 15) is 9.18 Å². The van der Waals surface area contributed by atoms with Crippen LogP contribution < -0.4 is 0 Å². The minimum atomic E-state index is -0.782. The average molecular weight is 272 g/mol. The molecule has 1 heterocycles. The predicted octanol–water partition coefficient (Wildman–Crippen LogP) is 3.71. The van der Waals surface area contributed by atoms with E-state index >= 15 is 0 Å². The van der Waals surface area contributed by atoms with Crippen molar-refractivity contribution in [1.29, 1.82) is 0 Å². The summed E-state index contributed by atoms with van der Waals surface area (Å²) in [5.74, 6) is -1.26. The summed E-state index contributed by atoms with van der Waals surface area (Å²) in [4.78, 5) is 15.8. The number of pyridine rings is 1. The number of aromatic nitrogens is 1. The number of carbonyl (C=O) groups is 1. The molecule has 1 aliphatic carbocycles. The minimum Gasteiger partial charge on any atom is -0.456 e. The average Bonchev–Trinajstić information content (AvgIpc) is 3.02. The normalized spacial score (nSPS) is 15.6. The lowest BCUT2D eigenvalue weighted by atomic mass is 10.1. The number of rotatable bonds is 2. The maximum atomic E-state index is 14.0. The van der Waals surface area contributed by atoms with Gasteiger partial charge in [0.05, 0.1) is 0 Å². The first-order chi connectivity index (χ1) is 8.29. The highest BCUT2D eigenvalue weighted by Gasteiger charge is 2.33. The molecule has 5 heteroatoms. The van der Waals surface area contributed by atoms with E-state index in [4.69, 9.17) is 16.3 Å². The van der Waals surface area contributed by atoms with E-state index < -0.39 is 17.4 Å². The van der Waals surface area contributed by atoms with Crippen molar-refractivity contribution in [2.75, 3.05) is 0 Å². The van der Waals surface area contributed by atoms with Crippen LogP contribution in [0, 0.1) is 5.82 Å². The highest BCUT2D eigenvalue weighted by molar-refractivity contribution is 6.29. The van der Waals surface area contributed by atoms with Crippen molar-refractivity contribution in [3.05, 3.63) is 28.3 Å². The summed E-state index contributed by atoms with van der Waals surface area (Å²) in [6.45, 7) is 5.22. The maximum absolute atomic E-state index is 14.0.